The fourth-order valence-electron chi connectivity index (χ4n) is 2.03. The number of hydrogen-bond acceptors (Lipinski definition) is 3. The molecule has 0 saturated heterocycles. The molecule has 0 fully saturated rings. The van der Waals surface area contributed by atoms with E-state index in [2.05, 4.69) is 10.3 Å². The summed E-state index contributed by atoms with van der Waals surface area (Å²) >= 11 is 12.0. The second-order valence-electron chi connectivity index (χ2n) is 4.45. The summed E-state index contributed by atoms with van der Waals surface area (Å²) in [6.45, 7) is 0. The Morgan fingerprint density at radius 3 is 2.65 bits per heavy atom. The molecule has 2 aromatic rings. The molecule has 0 radical (unpaired) electrons. The van der Waals surface area contributed by atoms with Gasteiger partial charge in [-0.05, 0) is 42.8 Å². The monoisotopic (exact) mass is 310 g/mol. The predicted octanol–water partition coefficient (Wildman–Crippen LogP) is 3.90. The van der Waals surface area contributed by atoms with E-state index in [1.807, 2.05) is 37.5 Å². The van der Waals surface area contributed by atoms with Crippen LogP contribution in [-0.4, -0.2) is 19.1 Å². The lowest BCUT2D eigenvalue weighted by Gasteiger charge is -2.17. The molecule has 106 valence electrons. The molecular weight excluding hydrogens is 295 g/mol. The molecule has 1 atom stereocenters. The number of halogens is 2. The highest BCUT2D eigenvalue weighted by atomic mass is 35.5. The molecule has 0 spiro atoms. The smallest absolute Gasteiger partial charge is 0.137 e. The third-order valence-electron chi connectivity index (χ3n) is 3.14. The largest absolute Gasteiger partial charge is 0.495 e. The molecule has 1 unspecified atom stereocenters. The van der Waals surface area contributed by atoms with Gasteiger partial charge in [-0.15, -0.1) is 0 Å². The van der Waals surface area contributed by atoms with Crippen LogP contribution in [0.1, 0.15) is 17.2 Å². The van der Waals surface area contributed by atoms with Crippen molar-refractivity contribution in [1.82, 2.24) is 10.3 Å². The number of benzene rings is 1. The van der Waals surface area contributed by atoms with Crippen LogP contribution in [0.4, 0.5) is 0 Å². The van der Waals surface area contributed by atoms with Gasteiger partial charge in [0.25, 0.3) is 0 Å². The Morgan fingerprint density at radius 2 is 2.00 bits per heavy atom. The summed E-state index contributed by atoms with van der Waals surface area (Å²) in [6, 6.07) is 7.80. The molecule has 1 aromatic heterocycles. The molecule has 0 aliphatic heterocycles. The number of aromatic nitrogens is 1. The van der Waals surface area contributed by atoms with Crippen LogP contribution >= 0.6 is 23.2 Å². The normalized spacial score (nSPS) is 12.2. The van der Waals surface area contributed by atoms with Gasteiger partial charge in [-0.25, -0.2) is 0 Å². The van der Waals surface area contributed by atoms with Gasteiger partial charge in [0.2, 0.25) is 0 Å². The molecule has 1 heterocycles. The minimum atomic E-state index is 0.134. The third kappa shape index (κ3) is 3.63. The Bertz CT molecular complexity index is 590. The Morgan fingerprint density at radius 1 is 1.20 bits per heavy atom. The number of pyridine rings is 1. The number of nitrogens with zero attached hydrogens (tertiary/aromatic N) is 1. The fraction of sp³-hybridized carbons (Fsp3) is 0.267. The summed E-state index contributed by atoms with van der Waals surface area (Å²) in [5.74, 6) is 0.747. The Labute approximate surface area is 128 Å². The maximum Gasteiger partial charge on any atom is 0.137 e. The van der Waals surface area contributed by atoms with E-state index >= 15 is 0 Å². The van der Waals surface area contributed by atoms with Crippen LogP contribution < -0.4 is 10.1 Å². The van der Waals surface area contributed by atoms with Crippen molar-refractivity contribution in [2.45, 2.75) is 12.5 Å². The Balaban J connectivity index is 2.21. The van der Waals surface area contributed by atoms with Crippen LogP contribution in [0, 0.1) is 0 Å². The van der Waals surface area contributed by atoms with Crippen LogP contribution in [0.5, 0.6) is 5.75 Å². The van der Waals surface area contributed by atoms with E-state index in [1.54, 1.807) is 13.3 Å². The van der Waals surface area contributed by atoms with E-state index in [4.69, 9.17) is 27.9 Å². The minimum Gasteiger partial charge on any atom is -0.495 e. The Kier molecular flexibility index (Phi) is 5.24. The molecule has 0 bridgehead atoms. The lowest BCUT2D eigenvalue weighted by molar-refractivity contribution is 0.411. The molecular formula is C15H16Cl2N2O. The zero-order valence-electron chi connectivity index (χ0n) is 11.4. The van der Waals surface area contributed by atoms with E-state index in [0.29, 0.717) is 10.0 Å². The standard InChI is InChI=1S/C15H16Cl2N2O/c1-18-15(11-7-12(20-2)9-19-8-11)6-10-3-4-13(16)14(17)5-10/h3-5,7-9,15,18H,6H2,1-2H3. The van der Waals surface area contributed by atoms with E-state index in [-0.39, 0.29) is 6.04 Å². The molecule has 2 rings (SSSR count). The lowest BCUT2D eigenvalue weighted by atomic mass is 10.0. The van der Waals surface area contributed by atoms with Crippen LogP contribution in [0.2, 0.25) is 10.0 Å². The molecule has 1 aromatic carbocycles. The van der Waals surface area contributed by atoms with Crippen molar-refractivity contribution in [2.75, 3.05) is 14.2 Å². The van der Waals surface area contributed by atoms with Gasteiger partial charge in [-0.2, -0.15) is 0 Å². The van der Waals surface area contributed by atoms with Crippen molar-refractivity contribution in [3.05, 3.63) is 57.8 Å². The summed E-state index contributed by atoms with van der Waals surface area (Å²) in [6.07, 6.45) is 4.32. The summed E-state index contributed by atoms with van der Waals surface area (Å²) in [5, 5.41) is 4.42. The van der Waals surface area contributed by atoms with Crippen molar-refractivity contribution >= 4 is 23.2 Å². The number of methoxy groups -OCH3 is 1. The van der Waals surface area contributed by atoms with Crippen LogP contribution in [-0.2, 0) is 6.42 Å². The molecule has 20 heavy (non-hydrogen) atoms. The fourth-order valence-corrected chi connectivity index (χ4v) is 2.35. The quantitative estimate of drug-likeness (QED) is 0.909. The van der Waals surface area contributed by atoms with E-state index < -0.39 is 0 Å². The zero-order valence-corrected chi connectivity index (χ0v) is 12.9. The van der Waals surface area contributed by atoms with Crippen molar-refractivity contribution in [2.24, 2.45) is 0 Å². The van der Waals surface area contributed by atoms with Crippen LogP contribution in [0.3, 0.4) is 0 Å². The summed E-state index contributed by atoms with van der Waals surface area (Å²) < 4.78 is 5.21. The van der Waals surface area contributed by atoms with Gasteiger partial charge >= 0.3 is 0 Å². The molecule has 1 N–H and O–H groups in total. The second-order valence-corrected chi connectivity index (χ2v) is 5.27. The number of ether oxygens (including phenoxy) is 1. The highest BCUT2D eigenvalue weighted by molar-refractivity contribution is 6.42. The van der Waals surface area contributed by atoms with Gasteiger partial charge in [0.1, 0.15) is 5.75 Å². The van der Waals surface area contributed by atoms with Gasteiger partial charge in [0.15, 0.2) is 0 Å². The highest BCUT2D eigenvalue weighted by Crippen LogP contribution is 2.26. The van der Waals surface area contributed by atoms with Crippen molar-refractivity contribution in [3.8, 4) is 5.75 Å². The number of hydrogen-bond donors (Lipinski definition) is 1. The van der Waals surface area contributed by atoms with Crippen molar-refractivity contribution < 1.29 is 4.74 Å². The average molecular weight is 311 g/mol. The first-order valence-electron chi connectivity index (χ1n) is 6.24. The minimum absolute atomic E-state index is 0.134. The number of likely N-dealkylation sites (N-methyl/N-ethyl adjacent to an activating group) is 1. The van der Waals surface area contributed by atoms with E-state index in [0.717, 1.165) is 23.3 Å². The third-order valence-corrected chi connectivity index (χ3v) is 3.88. The zero-order chi connectivity index (χ0) is 14.5. The molecule has 0 aliphatic rings. The SMILES string of the molecule is CNC(Cc1ccc(Cl)c(Cl)c1)c1cncc(OC)c1. The van der Waals surface area contributed by atoms with Crippen molar-refractivity contribution in [3.63, 3.8) is 0 Å². The van der Waals surface area contributed by atoms with Gasteiger partial charge in [0.05, 0.1) is 23.4 Å². The van der Waals surface area contributed by atoms with E-state index in [9.17, 15) is 0 Å². The first-order valence-corrected chi connectivity index (χ1v) is 6.99. The molecule has 0 saturated carbocycles. The highest BCUT2D eigenvalue weighted by Gasteiger charge is 2.12. The van der Waals surface area contributed by atoms with Gasteiger partial charge in [-0.3, -0.25) is 4.98 Å². The molecule has 3 nitrogen and oxygen atoms in total. The maximum absolute atomic E-state index is 6.05. The average Bonchev–Trinajstić information content (AvgIpc) is 2.48. The van der Waals surface area contributed by atoms with Crippen LogP contribution in [0.25, 0.3) is 0 Å². The summed E-state index contributed by atoms with van der Waals surface area (Å²) in [4.78, 5) is 4.19. The first kappa shape index (κ1) is 15.1. The summed E-state index contributed by atoms with van der Waals surface area (Å²) in [7, 11) is 3.55. The van der Waals surface area contributed by atoms with Gasteiger partial charge < -0.3 is 10.1 Å². The summed E-state index contributed by atoms with van der Waals surface area (Å²) in [5.41, 5.74) is 2.18. The van der Waals surface area contributed by atoms with Crippen molar-refractivity contribution in [1.29, 1.82) is 0 Å². The molecule has 0 amide bonds. The molecule has 5 heteroatoms. The lowest BCUT2D eigenvalue weighted by Crippen LogP contribution is -2.19. The first-order chi connectivity index (χ1) is 9.63. The predicted molar refractivity (Wildman–Crippen MR) is 82.8 cm³/mol. The Hall–Kier alpha value is -1.29. The number of nitrogens with one attached hydrogen (secondary N) is 1. The number of rotatable bonds is 5. The molecule has 0 aliphatic carbocycles. The second kappa shape index (κ2) is 6.93. The van der Waals surface area contributed by atoms with E-state index in [1.165, 1.54) is 0 Å². The van der Waals surface area contributed by atoms with Crippen LogP contribution in [0.15, 0.2) is 36.7 Å². The topological polar surface area (TPSA) is 34.2 Å². The van der Waals surface area contributed by atoms with Gasteiger partial charge in [0, 0.05) is 12.2 Å². The maximum atomic E-state index is 6.05. The van der Waals surface area contributed by atoms with Gasteiger partial charge in [-0.1, -0.05) is 29.3 Å².